The highest BCUT2D eigenvalue weighted by Gasteiger charge is 2.20. The van der Waals surface area contributed by atoms with E-state index in [1.54, 1.807) is 0 Å². The van der Waals surface area contributed by atoms with Crippen molar-refractivity contribution in [3.05, 3.63) is 0 Å². The van der Waals surface area contributed by atoms with E-state index in [2.05, 4.69) is 12.2 Å². The van der Waals surface area contributed by atoms with Crippen LogP contribution in [-0.2, 0) is 0 Å². The van der Waals surface area contributed by atoms with Gasteiger partial charge in [0.25, 0.3) is 0 Å². The van der Waals surface area contributed by atoms with Crippen molar-refractivity contribution >= 4 is 0 Å². The predicted molar refractivity (Wildman–Crippen MR) is 69.5 cm³/mol. The number of aliphatic hydroxyl groups excluding tert-OH is 1. The molecule has 1 aliphatic carbocycles. The number of nitrogens with one attached hydrogen (secondary N) is 1. The van der Waals surface area contributed by atoms with E-state index in [1.807, 2.05) is 6.92 Å². The molecule has 0 amide bonds. The third-order valence-corrected chi connectivity index (χ3v) is 4.03. The van der Waals surface area contributed by atoms with Crippen LogP contribution in [0.3, 0.4) is 0 Å². The highest BCUT2D eigenvalue weighted by Crippen LogP contribution is 2.30. The molecule has 0 spiro atoms. The molecule has 3 unspecified atom stereocenters. The Hall–Kier alpha value is -0.0800. The minimum Gasteiger partial charge on any atom is -0.393 e. The van der Waals surface area contributed by atoms with Crippen LogP contribution < -0.4 is 5.32 Å². The second-order valence-electron chi connectivity index (χ2n) is 5.36. The van der Waals surface area contributed by atoms with Crippen LogP contribution in [0.4, 0.5) is 0 Å². The summed E-state index contributed by atoms with van der Waals surface area (Å²) in [4.78, 5) is 0. The fourth-order valence-corrected chi connectivity index (χ4v) is 2.74. The zero-order valence-corrected chi connectivity index (χ0v) is 11.0. The van der Waals surface area contributed by atoms with Crippen molar-refractivity contribution in [2.45, 2.75) is 64.9 Å². The summed E-state index contributed by atoms with van der Waals surface area (Å²) in [5, 5.41) is 12.9. The predicted octanol–water partition coefficient (Wildman–Crippen LogP) is 2.95. The molecule has 0 bridgehead atoms. The first-order valence-corrected chi connectivity index (χ1v) is 7.15. The smallest absolute Gasteiger partial charge is 0.0549 e. The molecule has 2 N–H and O–H groups in total. The summed E-state index contributed by atoms with van der Waals surface area (Å²) < 4.78 is 0. The lowest BCUT2D eigenvalue weighted by atomic mass is 9.80. The molecular weight excluding hydrogens is 198 g/mol. The molecule has 0 aromatic carbocycles. The first kappa shape index (κ1) is 14.0. The van der Waals surface area contributed by atoms with Gasteiger partial charge in [0.15, 0.2) is 0 Å². The molecule has 2 heteroatoms. The van der Waals surface area contributed by atoms with Crippen molar-refractivity contribution in [2.24, 2.45) is 11.8 Å². The quantitative estimate of drug-likeness (QED) is 0.655. The van der Waals surface area contributed by atoms with Gasteiger partial charge in [-0.3, -0.25) is 0 Å². The average molecular weight is 227 g/mol. The first-order valence-electron chi connectivity index (χ1n) is 7.15. The largest absolute Gasteiger partial charge is 0.393 e. The van der Waals surface area contributed by atoms with Gasteiger partial charge in [-0.15, -0.1) is 0 Å². The Kier molecular flexibility index (Phi) is 7.06. The Morgan fingerprint density at radius 2 is 2.00 bits per heavy atom. The fourth-order valence-electron chi connectivity index (χ4n) is 2.74. The summed E-state index contributed by atoms with van der Waals surface area (Å²) in [6, 6.07) is 0. The fraction of sp³-hybridized carbons (Fsp3) is 1.00. The van der Waals surface area contributed by atoms with Crippen molar-refractivity contribution in [1.82, 2.24) is 5.32 Å². The second-order valence-corrected chi connectivity index (χ2v) is 5.36. The minimum absolute atomic E-state index is 0.109. The standard InChI is InChI=1S/C14H29NO/c1-3-12-6-5-7-13(10-12)11-15-9-8-14(16)4-2/h12-16H,3-11H2,1-2H3. The molecular formula is C14H29NO. The van der Waals surface area contributed by atoms with Gasteiger partial charge in [0.2, 0.25) is 0 Å². The molecule has 0 radical (unpaired) electrons. The van der Waals surface area contributed by atoms with Crippen LogP contribution in [0.25, 0.3) is 0 Å². The highest BCUT2D eigenvalue weighted by atomic mass is 16.3. The van der Waals surface area contributed by atoms with E-state index in [9.17, 15) is 5.11 Å². The van der Waals surface area contributed by atoms with Crippen molar-refractivity contribution in [1.29, 1.82) is 0 Å². The Labute approximate surface area is 101 Å². The number of rotatable bonds is 7. The van der Waals surface area contributed by atoms with Crippen molar-refractivity contribution in [3.8, 4) is 0 Å². The lowest BCUT2D eigenvalue weighted by Crippen LogP contribution is -2.29. The van der Waals surface area contributed by atoms with E-state index in [0.29, 0.717) is 0 Å². The molecule has 96 valence electrons. The lowest BCUT2D eigenvalue weighted by Gasteiger charge is -2.28. The van der Waals surface area contributed by atoms with Crippen molar-refractivity contribution < 1.29 is 5.11 Å². The van der Waals surface area contributed by atoms with Crippen molar-refractivity contribution in [3.63, 3.8) is 0 Å². The molecule has 0 aromatic rings. The van der Waals surface area contributed by atoms with Crippen LogP contribution >= 0.6 is 0 Å². The Morgan fingerprint density at radius 3 is 2.69 bits per heavy atom. The van der Waals surface area contributed by atoms with E-state index in [1.165, 1.54) is 32.1 Å². The van der Waals surface area contributed by atoms with Crippen LogP contribution in [0.2, 0.25) is 0 Å². The molecule has 3 atom stereocenters. The third kappa shape index (κ3) is 5.31. The molecule has 2 nitrogen and oxygen atoms in total. The van der Waals surface area contributed by atoms with E-state index >= 15 is 0 Å². The topological polar surface area (TPSA) is 32.3 Å². The summed E-state index contributed by atoms with van der Waals surface area (Å²) in [5.74, 6) is 1.86. The van der Waals surface area contributed by atoms with Gasteiger partial charge in [0.1, 0.15) is 0 Å². The van der Waals surface area contributed by atoms with Crippen LogP contribution in [0.15, 0.2) is 0 Å². The maximum absolute atomic E-state index is 9.44. The van der Waals surface area contributed by atoms with Gasteiger partial charge in [-0.05, 0) is 50.6 Å². The minimum atomic E-state index is -0.109. The SMILES string of the molecule is CCC(O)CCNCC1CCCC(CC)C1. The molecule has 0 aliphatic heterocycles. The van der Waals surface area contributed by atoms with Gasteiger partial charge < -0.3 is 10.4 Å². The molecule has 0 saturated heterocycles. The maximum Gasteiger partial charge on any atom is 0.0549 e. The zero-order chi connectivity index (χ0) is 11.8. The zero-order valence-electron chi connectivity index (χ0n) is 11.0. The molecule has 1 aliphatic rings. The summed E-state index contributed by atoms with van der Waals surface area (Å²) >= 11 is 0. The van der Waals surface area contributed by atoms with Crippen LogP contribution in [0.1, 0.15) is 58.8 Å². The Balaban J connectivity index is 2.04. The van der Waals surface area contributed by atoms with Gasteiger partial charge in [-0.1, -0.05) is 33.1 Å². The summed E-state index contributed by atoms with van der Waals surface area (Å²) in [7, 11) is 0. The summed E-state index contributed by atoms with van der Waals surface area (Å²) in [5.41, 5.74) is 0. The van der Waals surface area contributed by atoms with Gasteiger partial charge in [0.05, 0.1) is 6.10 Å². The third-order valence-electron chi connectivity index (χ3n) is 4.03. The maximum atomic E-state index is 9.44. The second kappa shape index (κ2) is 8.08. The normalized spacial score (nSPS) is 27.9. The average Bonchev–Trinajstić information content (AvgIpc) is 2.34. The lowest BCUT2D eigenvalue weighted by molar-refractivity contribution is 0.158. The van der Waals surface area contributed by atoms with Gasteiger partial charge in [-0.2, -0.15) is 0 Å². The highest BCUT2D eigenvalue weighted by molar-refractivity contribution is 4.74. The summed E-state index contributed by atoms with van der Waals surface area (Å²) in [6.45, 7) is 6.49. The van der Waals surface area contributed by atoms with Crippen LogP contribution in [0, 0.1) is 11.8 Å². The molecule has 1 rings (SSSR count). The molecule has 1 fully saturated rings. The monoisotopic (exact) mass is 227 g/mol. The number of hydrogen-bond donors (Lipinski definition) is 2. The summed E-state index contributed by atoms with van der Waals surface area (Å²) in [6.07, 6.45) is 8.71. The van der Waals surface area contributed by atoms with Crippen LogP contribution in [0.5, 0.6) is 0 Å². The van der Waals surface area contributed by atoms with Gasteiger partial charge in [0, 0.05) is 0 Å². The Bertz CT molecular complexity index is 172. The van der Waals surface area contributed by atoms with Gasteiger partial charge >= 0.3 is 0 Å². The first-order chi connectivity index (χ1) is 7.76. The number of hydrogen-bond acceptors (Lipinski definition) is 2. The van der Waals surface area contributed by atoms with Crippen LogP contribution in [-0.4, -0.2) is 24.3 Å². The van der Waals surface area contributed by atoms with E-state index in [4.69, 9.17) is 0 Å². The molecule has 1 saturated carbocycles. The number of aliphatic hydroxyl groups is 1. The Morgan fingerprint density at radius 1 is 1.25 bits per heavy atom. The van der Waals surface area contributed by atoms with Crippen molar-refractivity contribution in [2.75, 3.05) is 13.1 Å². The van der Waals surface area contributed by atoms with E-state index < -0.39 is 0 Å². The van der Waals surface area contributed by atoms with Gasteiger partial charge in [-0.25, -0.2) is 0 Å². The molecule has 0 heterocycles. The molecule has 0 aromatic heterocycles. The van der Waals surface area contributed by atoms with E-state index in [-0.39, 0.29) is 6.10 Å². The van der Waals surface area contributed by atoms with E-state index in [0.717, 1.165) is 37.8 Å². The molecule has 16 heavy (non-hydrogen) atoms.